The van der Waals surface area contributed by atoms with Crippen LogP contribution in [0, 0.1) is 5.41 Å². The van der Waals surface area contributed by atoms with Crippen molar-refractivity contribution in [3.8, 4) is 0 Å². The van der Waals surface area contributed by atoms with Crippen LogP contribution in [0.1, 0.15) is 66.4 Å². The van der Waals surface area contributed by atoms with Crippen molar-refractivity contribution in [2.24, 2.45) is 5.41 Å². The summed E-state index contributed by atoms with van der Waals surface area (Å²) in [7, 11) is 0. The molecule has 3 amide bonds. The van der Waals surface area contributed by atoms with Crippen LogP contribution in [-0.4, -0.2) is 47.8 Å². The Morgan fingerprint density at radius 3 is 2.73 bits per heavy atom. The summed E-state index contributed by atoms with van der Waals surface area (Å²) < 4.78 is 0. The first-order chi connectivity index (χ1) is 14.6. The molecular weight excluding hydrogens is 380 g/mol. The van der Waals surface area contributed by atoms with Gasteiger partial charge in [0, 0.05) is 31.1 Å². The Hall–Kier alpha value is -2.25. The summed E-state index contributed by atoms with van der Waals surface area (Å²) in [5.74, 6) is -0.695. The van der Waals surface area contributed by atoms with Crippen LogP contribution < -0.4 is 16.0 Å². The lowest BCUT2D eigenvalue weighted by Gasteiger charge is -2.40. The van der Waals surface area contributed by atoms with Gasteiger partial charge in [-0.2, -0.15) is 0 Å². The highest BCUT2D eigenvalue weighted by atomic mass is 16.2. The molecule has 0 bridgehead atoms. The Morgan fingerprint density at radius 1 is 1.10 bits per heavy atom. The normalized spacial score (nSPS) is 28.1. The summed E-state index contributed by atoms with van der Waals surface area (Å²) in [5, 5.41) is 9.65. The third-order valence-corrected chi connectivity index (χ3v) is 7.68. The van der Waals surface area contributed by atoms with E-state index in [0.717, 1.165) is 29.8 Å². The number of fused-ring (bicyclic) bond motifs is 1. The van der Waals surface area contributed by atoms with Crippen molar-refractivity contribution in [1.82, 2.24) is 20.9 Å². The monoisotopic (exact) mass is 410 g/mol. The van der Waals surface area contributed by atoms with Gasteiger partial charge in [-0.1, -0.05) is 24.6 Å². The minimum Gasteiger partial charge on any atom is -0.322 e. The van der Waals surface area contributed by atoms with Gasteiger partial charge in [-0.25, -0.2) is 0 Å². The maximum Gasteiger partial charge on any atom is 0.255 e. The Bertz CT molecular complexity index is 877. The molecule has 3 fully saturated rings. The number of nitrogens with one attached hydrogen (secondary N) is 3. The number of piperidine rings is 2. The summed E-state index contributed by atoms with van der Waals surface area (Å²) in [5.41, 5.74) is 3.13. The molecule has 7 nitrogen and oxygen atoms in total. The Kier molecular flexibility index (Phi) is 5.11. The molecule has 160 valence electrons. The minimum absolute atomic E-state index is 0.0834. The van der Waals surface area contributed by atoms with E-state index in [2.05, 4.69) is 16.0 Å². The van der Waals surface area contributed by atoms with E-state index in [-0.39, 0.29) is 24.1 Å². The molecule has 2 atom stereocenters. The molecule has 1 saturated carbocycles. The van der Waals surface area contributed by atoms with Crippen LogP contribution in [0.2, 0.25) is 0 Å². The van der Waals surface area contributed by atoms with E-state index in [1.807, 2.05) is 18.2 Å². The molecule has 2 saturated heterocycles. The van der Waals surface area contributed by atoms with Gasteiger partial charge in [0.05, 0.1) is 0 Å². The topological polar surface area (TPSA) is 90.5 Å². The number of rotatable bonds is 4. The number of carbonyl (C=O) groups excluding carboxylic acids is 3. The van der Waals surface area contributed by atoms with Crippen LogP contribution in [0.5, 0.6) is 0 Å². The molecule has 1 aromatic carbocycles. The van der Waals surface area contributed by atoms with E-state index in [4.69, 9.17) is 0 Å². The van der Waals surface area contributed by atoms with Crippen molar-refractivity contribution < 1.29 is 14.4 Å². The van der Waals surface area contributed by atoms with E-state index >= 15 is 0 Å². The molecule has 4 aliphatic rings. The Balaban J connectivity index is 1.31. The summed E-state index contributed by atoms with van der Waals surface area (Å²) in [4.78, 5) is 38.7. The molecular formula is C23H30N4O3. The van der Waals surface area contributed by atoms with Crippen molar-refractivity contribution >= 4 is 17.7 Å². The number of nitrogens with zero attached hydrogens (tertiary/aromatic N) is 1. The highest BCUT2D eigenvalue weighted by molar-refractivity contribution is 6.05. The highest BCUT2D eigenvalue weighted by Gasteiger charge is 2.43. The van der Waals surface area contributed by atoms with Crippen molar-refractivity contribution in [2.45, 2.75) is 70.1 Å². The van der Waals surface area contributed by atoms with Crippen LogP contribution in [0.25, 0.3) is 0 Å². The number of amides is 3. The van der Waals surface area contributed by atoms with Crippen LogP contribution >= 0.6 is 0 Å². The maximum absolute atomic E-state index is 13.3. The van der Waals surface area contributed by atoms with E-state index < -0.39 is 6.04 Å². The number of imide groups is 1. The molecule has 1 spiro atoms. The lowest BCUT2D eigenvalue weighted by molar-refractivity contribution is -0.136. The number of benzene rings is 1. The molecule has 1 aromatic rings. The van der Waals surface area contributed by atoms with Gasteiger partial charge in [-0.15, -0.1) is 0 Å². The third kappa shape index (κ3) is 3.34. The largest absolute Gasteiger partial charge is 0.322 e. The quantitative estimate of drug-likeness (QED) is 0.654. The lowest BCUT2D eigenvalue weighted by atomic mass is 9.74. The van der Waals surface area contributed by atoms with E-state index in [1.165, 1.54) is 32.1 Å². The van der Waals surface area contributed by atoms with Crippen LogP contribution in [-0.2, 0) is 22.7 Å². The predicted molar refractivity (Wildman–Crippen MR) is 112 cm³/mol. The fourth-order valence-electron chi connectivity index (χ4n) is 6.05. The SMILES string of the molecule is O=C1CCC(N2Cc3cccc(CNC4CCCC45CCNCC5)c3C2=O)C(=O)N1. The molecule has 30 heavy (non-hydrogen) atoms. The zero-order valence-corrected chi connectivity index (χ0v) is 17.3. The van der Waals surface area contributed by atoms with Gasteiger partial charge in [-0.05, 0) is 61.7 Å². The fourth-order valence-corrected chi connectivity index (χ4v) is 6.05. The minimum atomic E-state index is -0.559. The molecule has 0 aromatic heterocycles. The van der Waals surface area contributed by atoms with Crippen molar-refractivity contribution in [3.63, 3.8) is 0 Å². The Labute approximate surface area is 177 Å². The standard InChI is InChI=1S/C23H30N4O3/c28-19-7-6-17(21(29)26-19)27-14-16-4-1-3-15(20(16)22(27)30)13-25-18-5-2-8-23(18)9-11-24-12-10-23/h1,3-4,17-18,24-25H,2,5-14H2,(H,26,28,29). The average Bonchev–Trinajstić information content (AvgIpc) is 3.28. The number of hydrogen-bond donors (Lipinski definition) is 3. The predicted octanol–water partition coefficient (Wildman–Crippen LogP) is 1.46. The summed E-state index contributed by atoms with van der Waals surface area (Å²) in [6.07, 6.45) is 6.89. The average molecular weight is 411 g/mol. The summed E-state index contributed by atoms with van der Waals surface area (Å²) in [6.45, 7) is 3.31. The van der Waals surface area contributed by atoms with Crippen LogP contribution in [0.4, 0.5) is 0 Å². The van der Waals surface area contributed by atoms with Gasteiger partial charge >= 0.3 is 0 Å². The zero-order valence-electron chi connectivity index (χ0n) is 17.3. The molecule has 0 radical (unpaired) electrons. The van der Waals surface area contributed by atoms with Gasteiger partial charge in [0.15, 0.2) is 0 Å². The van der Waals surface area contributed by atoms with Gasteiger partial charge in [0.1, 0.15) is 6.04 Å². The molecule has 7 heteroatoms. The van der Waals surface area contributed by atoms with Crippen molar-refractivity contribution in [2.75, 3.05) is 13.1 Å². The summed E-state index contributed by atoms with van der Waals surface area (Å²) >= 11 is 0. The molecule has 3 N–H and O–H groups in total. The van der Waals surface area contributed by atoms with E-state index in [0.29, 0.717) is 31.0 Å². The Morgan fingerprint density at radius 2 is 1.93 bits per heavy atom. The second-order valence-electron chi connectivity index (χ2n) is 9.29. The van der Waals surface area contributed by atoms with Crippen molar-refractivity contribution in [1.29, 1.82) is 0 Å². The number of carbonyl (C=O) groups is 3. The van der Waals surface area contributed by atoms with Crippen LogP contribution in [0.15, 0.2) is 18.2 Å². The second kappa shape index (κ2) is 7.78. The zero-order chi connectivity index (χ0) is 20.7. The molecule has 1 aliphatic carbocycles. The first-order valence-electron chi connectivity index (χ1n) is 11.3. The summed E-state index contributed by atoms with van der Waals surface area (Å²) in [6, 6.07) is 5.95. The lowest BCUT2D eigenvalue weighted by Crippen LogP contribution is -2.52. The molecule has 3 aliphatic heterocycles. The third-order valence-electron chi connectivity index (χ3n) is 7.68. The van der Waals surface area contributed by atoms with E-state index in [1.54, 1.807) is 4.90 Å². The molecule has 3 heterocycles. The van der Waals surface area contributed by atoms with Gasteiger partial charge < -0.3 is 15.5 Å². The first-order valence-corrected chi connectivity index (χ1v) is 11.3. The second-order valence-corrected chi connectivity index (χ2v) is 9.29. The highest BCUT2D eigenvalue weighted by Crippen LogP contribution is 2.45. The van der Waals surface area contributed by atoms with Gasteiger partial charge in [0.25, 0.3) is 5.91 Å². The maximum atomic E-state index is 13.3. The van der Waals surface area contributed by atoms with E-state index in [9.17, 15) is 14.4 Å². The molecule has 2 unspecified atom stereocenters. The van der Waals surface area contributed by atoms with Crippen LogP contribution in [0.3, 0.4) is 0 Å². The smallest absolute Gasteiger partial charge is 0.255 e. The number of hydrogen-bond acceptors (Lipinski definition) is 5. The molecule has 5 rings (SSSR count). The van der Waals surface area contributed by atoms with Gasteiger partial charge in [0.2, 0.25) is 11.8 Å². The first kappa shape index (κ1) is 19.7. The fraction of sp³-hybridized carbons (Fsp3) is 0.609. The van der Waals surface area contributed by atoms with Crippen molar-refractivity contribution in [3.05, 3.63) is 34.9 Å². The van der Waals surface area contributed by atoms with Gasteiger partial charge in [-0.3, -0.25) is 19.7 Å².